The van der Waals surface area contributed by atoms with Crippen LogP contribution in [0.2, 0.25) is 0 Å². The average molecular weight is 388 g/mol. The molecule has 0 unspecified atom stereocenters. The minimum absolute atomic E-state index is 0.0343. The smallest absolute Gasteiger partial charge is 0.263 e. The van der Waals surface area contributed by atoms with Gasteiger partial charge in [-0.25, -0.2) is 18.5 Å². The van der Waals surface area contributed by atoms with Crippen LogP contribution in [-0.4, -0.2) is 24.3 Å². The van der Waals surface area contributed by atoms with Gasteiger partial charge in [0.1, 0.15) is 9.88 Å². The van der Waals surface area contributed by atoms with Gasteiger partial charge in [-0.3, -0.25) is 9.78 Å². The number of sulfonamides is 1. The van der Waals surface area contributed by atoms with Crippen LogP contribution in [0, 0.1) is 6.92 Å². The summed E-state index contributed by atoms with van der Waals surface area (Å²) in [6.07, 6.45) is 3.38. The Bertz CT molecular complexity index is 1030. The molecule has 0 aliphatic carbocycles. The molecule has 26 heavy (non-hydrogen) atoms. The Balaban J connectivity index is 1.70. The summed E-state index contributed by atoms with van der Waals surface area (Å²) in [6.45, 7) is 2.05. The topological polar surface area (TPSA) is 115 Å². The minimum Gasteiger partial charge on any atom is -0.347 e. The van der Waals surface area contributed by atoms with E-state index in [4.69, 9.17) is 5.14 Å². The Morgan fingerprint density at radius 3 is 2.58 bits per heavy atom. The minimum atomic E-state index is -3.72. The summed E-state index contributed by atoms with van der Waals surface area (Å²) in [5, 5.41) is 8.61. The Labute approximate surface area is 155 Å². The Hall–Kier alpha value is -2.62. The predicted molar refractivity (Wildman–Crippen MR) is 99.1 cm³/mol. The number of hydrogen-bond acceptors (Lipinski definition) is 6. The number of rotatable bonds is 5. The molecular weight excluding hydrogens is 372 g/mol. The quantitative estimate of drug-likeness (QED) is 0.694. The third kappa shape index (κ3) is 4.13. The van der Waals surface area contributed by atoms with Crippen molar-refractivity contribution in [3.8, 4) is 10.6 Å². The van der Waals surface area contributed by atoms with E-state index >= 15 is 0 Å². The van der Waals surface area contributed by atoms with Crippen molar-refractivity contribution < 1.29 is 13.2 Å². The lowest BCUT2D eigenvalue weighted by molar-refractivity contribution is 0.0954. The maximum absolute atomic E-state index is 12.4. The van der Waals surface area contributed by atoms with Gasteiger partial charge < -0.3 is 5.32 Å². The average Bonchev–Trinajstić information content (AvgIpc) is 3.02. The molecule has 0 aliphatic heterocycles. The summed E-state index contributed by atoms with van der Waals surface area (Å²) in [6, 6.07) is 9.75. The summed E-state index contributed by atoms with van der Waals surface area (Å²) in [4.78, 5) is 21.5. The molecule has 7 nitrogen and oxygen atoms in total. The molecule has 0 atom stereocenters. The molecular formula is C17H16N4O3S2. The van der Waals surface area contributed by atoms with E-state index < -0.39 is 10.0 Å². The zero-order valence-electron chi connectivity index (χ0n) is 13.8. The molecule has 3 N–H and O–H groups in total. The van der Waals surface area contributed by atoms with Gasteiger partial charge in [-0.2, -0.15) is 0 Å². The number of pyridine rings is 1. The van der Waals surface area contributed by atoms with Crippen LogP contribution >= 0.6 is 11.3 Å². The monoisotopic (exact) mass is 388 g/mol. The number of carbonyl (C=O) groups excluding carboxylic acids is 1. The van der Waals surface area contributed by atoms with Crippen molar-refractivity contribution in [3.05, 3.63) is 64.9 Å². The fraction of sp³-hybridized carbons (Fsp3) is 0.118. The Morgan fingerprint density at radius 1 is 1.23 bits per heavy atom. The molecule has 134 valence electrons. The van der Waals surface area contributed by atoms with Gasteiger partial charge in [0.2, 0.25) is 10.0 Å². The molecule has 1 amide bonds. The van der Waals surface area contributed by atoms with E-state index in [-0.39, 0.29) is 17.3 Å². The van der Waals surface area contributed by atoms with Crippen LogP contribution in [0.5, 0.6) is 0 Å². The molecule has 2 heterocycles. The third-order valence-corrected chi connectivity index (χ3v) is 5.75. The number of hydrogen-bond donors (Lipinski definition) is 2. The SMILES string of the molecule is Cc1nc(-c2cccnc2)sc1C(=O)NCc1ccc(S(N)(=O)=O)cc1. The molecule has 0 fully saturated rings. The molecule has 0 spiro atoms. The number of benzene rings is 1. The maximum atomic E-state index is 12.4. The number of primary sulfonamides is 1. The second-order valence-electron chi connectivity index (χ2n) is 5.55. The normalized spacial score (nSPS) is 11.3. The number of nitrogens with zero attached hydrogens (tertiary/aromatic N) is 2. The highest BCUT2D eigenvalue weighted by molar-refractivity contribution is 7.89. The van der Waals surface area contributed by atoms with E-state index in [1.165, 1.54) is 23.5 Å². The van der Waals surface area contributed by atoms with Crippen LogP contribution in [0.1, 0.15) is 20.9 Å². The molecule has 0 saturated carbocycles. The first-order valence-electron chi connectivity index (χ1n) is 7.62. The second-order valence-corrected chi connectivity index (χ2v) is 8.11. The first kappa shape index (κ1) is 18.2. The highest BCUT2D eigenvalue weighted by atomic mass is 32.2. The van der Waals surface area contributed by atoms with Crippen LogP contribution in [0.15, 0.2) is 53.7 Å². The zero-order valence-corrected chi connectivity index (χ0v) is 15.5. The van der Waals surface area contributed by atoms with E-state index in [0.717, 1.165) is 16.1 Å². The van der Waals surface area contributed by atoms with Crippen LogP contribution in [-0.2, 0) is 16.6 Å². The van der Waals surface area contributed by atoms with Gasteiger partial charge >= 0.3 is 0 Å². The van der Waals surface area contributed by atoms with Crippen LogP contribution in [0.3, 0.4) is 0 Å². The summed E-state index contributed by atoms with van der Waals surface area (Å²) in [5.41, 5.74) is 2.27. The maximum Gasteiger partial charge on any atom is 0.263 e. The first-order chi connectivity index (χ1) is 12.3. The molecule has 0 bridgehead atoms. The van der Waals surface area contributed by atoms with E-state index in [1.807, 2.05) is 12.1 Å². The van der Waals surface area contributed by atoms with Crippen LogP contribution in [0.4, 0.5) is 0 Å². The summed E-state index contributed by atoms with van der Waals surface area (Å²) in [5.74, 6) is -0.231. The van der Waals surface area contributed by atoms with E-state index in [0.29, 0.717) is 10.6 Å². The van der Waals surface area contributed by atoms with E-state index in [9.17, 15) is 13.2 Å². The lowest BCUT2D eigenvalue weighted by atomic mass is 10.2. The predicted octanol–water partition coefficient (Wildman–Crippen LogP) is 2.09. The summed E-state index contributed by atoms with van der Waals surface area (Å²) < 4.78 is 22.5. The van der Waals surface area contributed by atoms with E-state index in [1.54, 1.807) is 31.5 Å². The number of aryl methyl sites for hydroxylation is 1. The standard InChI is InChI=1S/C17H16N4O3S2/c1-11-15(25-17(21-11)13-3-2-8-19-10-13)16(22)20-9-12-4-6-14(7-5-12)26(18,23)24/h2-8,10H,9H2,1H3,(H,20,22)(H2,18,23,24). The van der Waals surface area contributed by atoms with Gasteiger partial charge in [-0.15, -0.1) is 11.3 Å². The number of carbonyl (C=O) groups is 1. The van der Waals surface area contributed by atoms with Gasteiger partial charge in [0.15, 0.2) is 0 Å². The van der Waals surface area contributed by atoms with Gasteiger partial charge in [-0.05, 0) is 36.8 Å². The first-order valence-corrected chi connectivity index (χ1v) is 9.98. The molecule has 0 aliphatic rings. The van der Waals surface area contributed by atoms with Crippen LogP contribution in [0.25, 0.3) is 10.6 Å². The lowest BCUT2D eigenvalue weighted by Gasteiger charge is -2.05. The second kappa shape index (κ2) is 7.32. The molecule has 3 rings (SSSR count). The Kier molecular flexibility index (Phi) is 5.12. The number of nitrogens with one attached hydrogen (secondary N) is 1. The fourth-order valence-electron chi connectivity index (χ4n) is 2.28. The van der Waals surface area contributed by atoms with Crippen molar-refractivity contribution in [3.63, 3.8) is 0 Å². The number of amides is 1. The molecule has 0 saturated heterocycles. The van der Waals surface area contributed by atoms with Crippen molar-refractivity contribution >= 4 is 27.3 Å². The van der Waals surface area contributed by atoms with Crippen molar-refractivity contribution in [2.45, 2.75) is 18.4 Å². The van der Waals surface area contributed by atoms with Gasteiger partial charge in [0.05, 0.1) is 10.6 Å². The molecule has 0 radical (unpaired) electrons. The third-order valence-electron chi connectivity index (χ3n) is 3.62. The largest absolute Gasteiger partial charge is 0.347 e. The molecule has 9 heteroatoms. The van der Waals surface area contributed by atoms with E-state index in [2.05, 4.69) is 15.3 Å². The van der Waals surface area contributed by atoms with Gasteiger partial charge in [0, 0.05) is 24.5 Å². The molecule has 1 aromatic carbocycles. The number of aromatic nitrogens is 2. The zero-order chi connectivity index (χ0) is 18.7. The summed E-state index contributed by atoms with van der Waals surface area (Å²) >= 11 is 1.30. The van der Waals surface area contributed by atoms with Crippen molar-refractivity contribution in [1.29, 1.82) is 0 Å². The van der Waals surface area contributed by atoms with Crippen LogP contribution < -0.4 is 10.5 Å². The van der Waals surface area contributed by atoms with Gasteiger partial charge in [-0.1, -0.05) is 12.1 Å². The van der Waals surface area contributed by atoms with Crippen molar-refractivity contribution in [2.75, 3.05) is 0 Å². The Morgan fingerprint density at radius 2 is 1.96 bits per heavy atom. The van der Waals surface area contributed by atoms with Crippen molar-refractivity contribution in [2.24, 2.45) is 5.14 Å². The summed E-state index contributed by atoms with van der Waals surface area (Å²) in [7, 11) is -3.72. The highest BCUT2D eigenvalue weighted by Crippen LogP contribution is 2.27. The highest BCUT2D eigenvalue weighted by Gasteiger charge is 2.16. The van der Waals surface area contributed by atoms with Gasteiger partial charge in [0.25, 0.3) is 5.91 Å². The molecule has 2 aromatic heterocycles. The number of thiazole rings is 1. The lowest BCUT2D eigenvalue weighted by Crippen LogP contribution is -2.22. The fourth-order valence-corrected chi connectivity index (χ4v) is 3.77. The number of nitrogens with two attached hydrogens (primary N) is 1. The molecule has 3 aromatic rings. The van der Waals surface area contributed by atoms with Crippen molar-refractivity contribution in [1.82, 2.24) is 15.3 Å².